The van der Waals surface area contributed by atoms with Gasteiger partial charge >= 0.3 is 0 Å². The van der Waals surface area contributed by atoms with Crippen molar-refractivity contribution in [1.29, 1.82) is 0 Å². The molecule has 0 atom stereocenters. The van der Waals surface area contributed by atoms with E-state index < -0.39 is 0 Å². The fraction of sp³-hybridized carbons (Fsp3) is 0. The van der Waals surface area contributed by atoms with Crippen molar-refractivity contribution in [3.63, 3.8) is 0 Å². The summed E-state index contributed by atoms with van der Waals surface area (Å²) >= 11 is 9.65. The van der Waals surface area contributed by atoms with Crippen LogP contribution in [0.25, 0.3) is 0 Å². The van der Waals surface area contributed by atoms with Crippen LogP contribution in [-0.4, -0.2) is 0 Å². The first-order chi connectivity index (χ1) is 8.58. The van der Waals surface area contributed by atoms with E-state index in [1.807, 2.05) is 24.3 Å². The van der Waals surface area contributed by atoms with Crippen LogP contribution in [0.1, 0.15) is 0 Å². The van der Waals surface area contributed by atoms with Gasteiger partial charge in [0.15, 0.2) is 0 Å². The number of halogens is 2. The molecule has 0 aromatic heterocycles. The number of benzene rings is 2. The Labute approximate surface area is 117 Å². The van der Waals surface area contributed by atoms with Gasteiger partial charge in [0.25, 0.3) is 0 Å². The highest BCUT2D eigenvalue weighted by Gasteiger charge is 2.20. The van der Waals surface area contributed by atoms with Crippen LogP contribution in [0.5, 0.6) is 0 Å². The van der Waals surface area contributed by atoms with E-state index in [2.05, 4.69) is 26.6 Å². The Morgan fingerprint density at radius 3 is 1.94 bits per heavy atom. The Morgan fingerprint density at radius 1 is 0.889 bits per heavy atom. The maximum atomic E-state index is 6.23. The van der Waals surface area contributed by atoms with E-state index >= 15 is 0 Å². The first-order valence-corrected chi connectivity index (χ1v) is 6.45. The van der Waals surface area contributed by atoms with Crippen LogP contribution >= 0.6 is 27.5 Å². The molecule has 0 saturated heterocycles. The van der Waals surface area contributed by atoms with Crippen molar-refractivity contribution in [2.24, 2.45) is 0 Å². The zero-order valence-electron chi connectivity index (χ0n) is 9.22. The van der Waals surface area contributed by atoms with Crippen molar-refractivity contribution < 1.29 is 0 Å². The summed E-state index contributed by atoms with van der Waals surface area (Å²) in [6.45, 7) is 0. The van der Waals surface area contributed by atoms with Gasteiger partial charge in [-0.25, -0.2) is 0 Å². The van der Waals surface area contributed by atoms with Crippen molar-refractivity contribution in [2.45, 2.75) is 0 Å². The van der Waals surface area contributed by atoms with Crippen LogP contribution in [0.3, 0.4) is 0 Å². The average molecular weight is 326 g/mol. The molecule has 92 valence electrons. The number of nitrogen functional groups attached to an aromatic ring is 2. The van der Waals surface area contributed by atoms with E-state index in [0.29, 0.717) is 32.2 Å². The summed E-state index contributed by atoms with van der Waals surface area (Å²) in [7, 11) is 0. The van der Waals surface area contributed by atoms with Gasteiger partial charge in [-0.2, -0.15) is 0 Å². The third-order valence-electron chi connectivity index (χ3n) is 2.87. The molecule has 18 heavy (non-hydrogen) atoms. The summed E-state index contributed by atoms with van der Waals surface area (Å²) in [6, 6.07) is 7.79. The van der Waals surface area contributed by atoms with Gasteiger partial charge in [-0.05, 0) is 40.2 Å². The molecule has 4 rings (SSSR count). The molecule has 2 aromatic rings. The van der Waals surface area contributed by atoms with Gasteiger partial charge in [-0.15, -0.1) is 0 Å². The first-order valence-electron chi connectivity index (χ1n) is 5.28. The van der Waals surface area contributed by atoms with Gasteiger partial charge in [-0.3, -0.25) is 0 Å². The molecule has 0 unspecified atom stereocenters. The van der Waals surface area contributed by atoms with E-state index in [-0.39, 0.29) is 0 Å². The van der Waals surface area contributed by atoms with E-state index in [1.165, 1.54) is 0 Å². The fourth-order valence-electron chi connectivity index (χ4n) is 1.90. The summed E-state index contributed by atoms with van der Waals surface area (Å²) in [5.41, 5.74) is 16.3. The lowest BCUT2D eigenvalue weighted by Gasteiger charge is -2.17. The van der Waals surface area contributed by atoms with E-state index in [9.17, 15) is 0 Å². The molecule has 2 aromatic carbocycles. The van der Waals surface area contributed by atoms with Crippen molar-refractivity contribution in [3.8, 4) is 0 Å². The Hall–Kier alpha value is -1.59. The summed E-state index contributed by atoms with van der Waals surface area (Å²) < 4.78 is 0.667. The van der Waals surface area contributed by atoms with Crippen LogP contribution in [0.15, 0.2) is 28.7 Å². The minimum absolute atomic E-state index is 0.412. The molecule has 6 heteroatoms. The zero-order valence-corrected chi connectivity index (χ0v) is 11.6. The number of rotatable bonds is 0. The lowest BCUT2D eigenvalue weighted by atomic mass is 10.2. The lowest BCUT2D eigenvalue weighted by Crippen LogP contribution is -2.04. The molecule has 0 saturated carbocycles. The normalized spacial score (nSPS) is 12.1. The quantitative estimate of drug-likeness (QED) is 0.470. The number of hydrogen-bond donors (Lipinski definition) is 4. The van der Waals surface area contributed by atoms with Gasteiger partial charge in [0.05, 0.1) is 32.2 Å². The molecule has 2 aliphatic heterocycles. The summed E-state index contributed by atoms with van der Waals surface area (Å²) in [5.74, 6) is 0. The van der Waals surface area contributed by atoms with Crippen LogP contribution < -0.4 is 22.1 Å². The second kappa shape index (κ2) is 3.96. The van der Waals surface area contributed by atoms with Gasteiger partial charge in [0.2, 0.25) is 0 Å². The van der Waals surface area contributed by atoms with Gasteiger partial charge in [-0.1, -0.05) is 11.6 Å². The molecule has 6 N–H and O–H groups in total. The number of nitrogens with one attached hydrogen (secondary N) is 2. The number of anilines is 6. The Bertz CT molecular complexity index is 588. The summed E-state index contributed by atoms with van der Waals surface area (Å²) in [4.78, 5) is 0. The number of fused-ring (bicyclic) bond motifs is 2. The Morgan fingerprint density at radius 2 is 1.39 bits per heavy atom. The molecular weight excluding hydrogens is 316 g/mol. The topological polar surface area (TPSA) is 76.1 Å². The van der Waals surface area contributed by atoms with Crippen molar-refractivity contribution in [3.05, 3.63) is 33.8 Å². The molecular formula is C12H10BrClN4. The molecule has 0 spiro atoms. The highest BCUT2D eigenvalue weighted by atomic mass is 79.9. The van der Waals surface area contributed by atoms with Gasteiger partial charge in [0, 0.05) is 11.4 Å². The molecule has 4 nitrogen and oxygen atoms in total. The van der Waals surface area contributed by atoms with E-state index in [0.717, 1.165) is 11.4 Å². The summed E-state index contributed by atoms with van der Waals surface area (Å²) in [6.07, 6.45) is 0. The van der Waals surface area contributed by atoms with Gasteiger partial charge in [0.1, 0.15) is 0 Å². The summed E-state index contributed by atoms with van der Waals surface area (Å²) in [5, 5.41) is 6.83. The highest BCUT2D eigenvalue weighted by Crippen LogP contribution is 2.48. The maximum absolute atomic E-state index is 6.23. The average Bonchev–Trinajstić information content (AvgIpc) is 2.47. The smallest absolute Gasteiger partial charge is 0.0904 e. The van der Waals surface area contributed by atoms with Crippen LogP contribution in [0, 0.1) is 0 Å². The maximum Gasteiger partial charge on any atom is 0.0904 e. The van der Waals surface area contributed by atoms with Crippen molar-refractivity contribution >= 4 is 61.7 Å². The number of nitrogens with two attached hydrogens (primary N) is 2. The molecule has 0 amide bonds. The van der Waals surface area contributed by atoms with Gasteiger partial charge < -0.3 is 22.1 Å². The standard InChI is InChI=1S/C12H10BrClN4/c13-7-9(15)8(14)12-10(16)11(7)17-5-1-3-6(18-12)4-2-5/h1-4,17-18H,15-16H2. The van der Waals surface area contributed by atoms with Crippen LogP contribution in [-0.2, 0) is 0 Å². The second-order valence-electron chi connectivity index (χ2n) is 4.03. The SMILES string of the molecule is Nc1c(Cl)c2c(N)c(c1Br)Nc1ccc(cc1)N2. The molecule has 0 fully saturated rings. The molecule has 2 aliphatic rings. The third-order valence-corrected chi connectivity index (χ3v) is 4.09. The van der Waals surface area contributed by atoms with Crippen LogP contribution in [0.4, 0.5) is 34.1 Å². The fourth-order valence-corrected chi connectivity index (χ4v) is 2.77. The Balaban J connectivity index is 2.36. The second-order valence-corrected chi connectivity index (χ2v) is 5.20. The van der Waals surface area contributed by atoms with Crippen LogP contribution in [0.2, 0.25) is 5.02 Å². The van der Waals surface area contributed by atoms with Crippen molar-refractivity contribution in [1.82, 2.24) is 0 Å². The largest absolute Gasteiger partial charge is 0.396 e. The third kappa shape index (κ3) is 1.59. The monoisotopic (exact) mass is 324 g/mol. The lowest BCUT2D eigenvalue weighted by molar-refractivity contribution is 1.53. The van der Waals surface area contributed by atoms with E-state index in [4.69, 9.17) is 23.1 Å². The minimum atomic E-state index is 0.412. The minimum Gasteiger partial charge on any atom is -0.396 e. The predicted octanol–water partition coefficient (Wildman–Crippen LogP) is 4.07. The Kier molecular flexibility index (Phi) is 2.53. The molecule has 0 radical (unpaired) electrons. The highest BCUT2D eigenvalue weighted by molar-refractivity contribution is 9.10. The first kappa shape index (κ1) is 11.5. The number of hydrogen-bond acceptors (Lipinski definition) is 4. The molecule has 2 heterocycles. The zero-order chi connectivity index (χ0) is 12.9. The molecule has 0 aliphatic carbocycles. The molecule has 4 bridgehead atoms. The predicted molar refractivity (Wildman–Crippen MR) is 81.0 cm³/mol. The van der Waals surface area contributed by atoms with E-state index in [1.54, 1.807) is 0 Å². The van der Waals surface area contributed by atoms with Crippen molar-refractivity contribution in [2.75, 3.05) is 22.1 Å².